The summed E-state index contributed by atoms with van der Waals surface area (Å²) in [5.74, 6) is 0.376. The summed E-state index contributed by atoms with van der Waals surface area (Å²) in [7, 11) is 0. The Morgan fingerprint density at radius 1 is 1.05 bits per heavy atom. The van der Waals surface area contributed by atoms with E-state index in [1.54, 1.807) is 0 Å². The Hall–Kier alpha value is -2.26. The van der Waals surface area contributed by atoms with E-state index in [4.69, 9.17) is 0 Å². The molecule has 22 heavy (non-hydrogen) atoms. The molecule has 0 bridgehead atoms. The Kier molecular flexibility index (Phi) is 3.16. The number of rotatable bonds is 1. The molecule has 1 heterocycles. The molecule has 0 aromatic heterocycles. The molecule has 0 fully saturated rings. The first-order chi connectivity index (χ1) is 10.7. The highest BCUT2D eigenvalue weighted by atomic mass is 16.3. The SMILES string of the molecule is Oc1c(C=C2c3ccccc3NC2O)ccc2c1CCCC2. The highest BCUT2D eigenvalue weighted by molar-refractivity contribution is 5.94. The molecule has 1 aliphatic carbocycles. The van der Waals surface area contributed by atoms with Gasteiger partial charge in [0.05, 0.1) is 0 Å². The largest absolute Gasteiger partial charge is 0.507 e. The van der Waals surface area contributed by atoms with Gasteiger partial charge in [-0.15, -0.1) is 0 Å². The lowest BCUT2D eigenvalue weighted by atomic mass is 9.89. The number of aliphatic hydroxyl groups excluding tert-OH is 1. The minimum Gasteiger partial charge on any atom is -0.507 e. The van der Waals surface area contributed by atoms with E-state index in [1.807, 2.05) is 36.4 Å². The van der Waals surface area contributed by atoms with Gasteiger partial charge in [0.1, 0.15) is 5.75 Å². The number of phenolic OH excluding ortho intramolecular Hbond substituents is 1. The van der Waals surface area contributed by atoms with E-state index >= 15 is 0 Å². The monoisotopic (exact) mass is 293 g/mol. The fourth-order valence-electron chi connectivity index (χ4n) is 3.50. The molecule has 2 aromatic carbocycles. The zero-order valence-corrected chi connectivity index (χ0v) is 12.3. The van der Waals surface area contributed by atoms with Gasteiger partial charge < -0.3 is 15.5 Å². The number of aliphatic hydroxyl groups is 1. The molecule has 4 rings (SSSR count). The Balaban J connectivity index is 1.80. The smallest absolute Gasteiger partial charge is 0.151 e. The van der Waals surface area contributed by atoms with Crippen molar-refractivity contribution in [1.82, 2.24) is 0 Å². The standard InChI is InChI=1S/C19H19NO2/c21-18-13(10-9-12-5-1-2-6-14(12)18)11-16-15-7-3-4-8-17(15)20-19(16)22/h3-4,7-11,19-22H,1-2,5-6H2. The van der Waals surface area contributed by atoms with Gasteiger partial charge in [0, 0.05) is 22.4 Å². The molecule has 3 nitrogen and oxygen atoms in total. The van der Waals surface area contributed by atoms with Crippen molar-refractivity contribution in [3.8, 4) is 5.75 Å². The predicted molar refractivity (Wildman–Crippen MR) is 88.7 cm³/mol. The van der Waals surface area contributed by atoms with Gasteiger partial charge in [0.2, 0.25) is 0 Å². The molecule has 1 aliphatic heterocycles. The topological polar surface area (TPSA) is 52.5 Å². The molecule has 0 saturated carbocycles. The van der Waals surface area contributed by atoms with Crippen molar-refractivity contribution >= 4 is 17.3 Å². The second kappa shape index (κ2) is 5.18. The summed E-state index contributed by atoms with van der Waals surface area (Å²) in [5.41, 5.74) is 5.85. The molecule has 2 aromatic rings. The van der Waals surface area contributed by atoms with Gasteiger partial charge in [-0.25, -0.2) is 0 Å². The van der Waals surface area contributed by atoms with E-state index in [9.17, 15) is 10.2 Å². The summed E-state index contributed by atoms with van der Waals surface area (Å²) in [6, 6.07) is 11.9. The molecular weight excluding hydrogens is 274 g/mol. The zero-order valence-electron chi connectivity index (χ0n) is 12.3. The fourth-order valence-corrected chi connectivity index (χ4v) is 3.50. The van der Waals surface area contributed by atoms with Crippen molar-refractivity contribution in [2.45, 2.75) is 31.9 Å². The number of fused-ring (bicyclic) bond motifs is 2. The third-order valence-corrected chi connectivity index (χ3v) is 4.67. The number of aromatic hydroxyl groups is 1. The van der Waals surface area contributed by atoms with E-state index in [0.717, 1.165) is 47.2 Å². The molecule has 112 valence electrons. The maximum atomic E-state index is 10.6. The van der Waals surface area contributed by atoms with Crippen LogP contribution in [-0.4, -0.2) is 16.4 Å². The van der Waals surface area contributed by atoms with Gasteiger partial charge in [-0.1, -0.05) is 30.3 Å². The number of anilines is 1. The van der Waals surface area contributed by atoms with Crippen LogP contribution in [0.4, 0.5) is 5.69 Å². The van der Waals surface area contributed by atoms with Gasteiger partial charge >= 0.3 is 0 Å². The summed E-state index contributed by atoms with van der Waals surface area (Å²) in [6.07, 6.45) is 5.49. The van der Waals surface area contributed by atoms with Crippen LogP contribution in [-0.2, 0) is 12.8 Å². The number of aryl methyl sites for hydroxylation is 1. The lowest BCUT2D eigenvalue weighted by Crippen LogP contribution is -2.12. The van der Waals surface area contributed by atoms with Crippen LogP contribution in [0.1, 0.15) is 35.1 Å². The van der Waals surface area contributed by atoms with Gasteiger partial charge in [0.25, 0.3) is 0 Å². The number of hydrogen-bond acceptors (Lipinski definition) is 3. The van der Waals surface area contributed by atoms with Crippen LogP contribution in [0.2, 0.25) is 0 Å². The van der Waals surface area contributed by atoms with Gasteiger partial charge in [0.15, 0.2) is 6.23 Å². The molecule has 3 heteroatoms. The first kappa shape index (κ1) is 13.4. The van der Waals surface area contributed by atoms with Crippen molar-refractivity contribution < 1.29 is 10.2 Å². The minimum absolute atomic E-state index is 0.376. The zero-order chi connectivity index (χ0) is 15.1. The van der Waals surface area contributed by atoms with Crippen molar-refractivity contribution in [2.24, 2.45) is 0 Å². The van der Waals surface area contributed by atoms with E-state index in [-0.39, 0.29) is 0 Å². The maximum absolute atomic E-state index is 10.6. The van der Waals surface area contributed by atoms with Crippen LogP contribution in [0.15, 0.2) is 36.4 Å². The van der Waals surface area contributed by atoms with Crippen LogP contribution in [0.25, 0.3) is 11.6 Å². The van der Waals surface area contributed by atoms with Crippen LogP contribution >= 0.6 is 0 Å². The Labute approximate surface area is 129 Å². The normalized spacial score (nSPS) is 21.3. The van der Waals surface area contributed by atoms with Crippen LogP contribution < -0.4 is 5.32 Å². The molecule has 3 N–H and O–H groups in total. The number of nitrogens with one attached hydrogen (secondary N) is 1. The number of phenols is 1. The van der Waals surface area contributed by atoms with Crippen molar-refractivity contribution in [2.75, 3.05) is 5.32 Å². The quantitative estimate of drug-likeness (QED) is 0.753. The highest BCUT2D eigenvalue weighted by Gasteiger charge is 2.24. The molecule has 1 atom stereocenters. The summed E-state index contributed by atoms with van der Waals surface area (Å²) in [6.45, 7) is 0. The van der Waals surface area contributed by atoms with Crippen LogP contribution in [0.5, 0.6) is 5.75 Å². The number of benzene rings is 2. The fraction of sp³-hybridized carbons (Fsp3) is 0.263. The molecule has 0 spiro atoms. The van der Waals surface area contributed by atoms with Crippen LogP contribution in [0.3, 0.4) is 0 Å². The van der Waals surface area contributed by atoms with Gasteiger partial charge in [-0.05, 0) is 49.0 Å². The second-order valence-corrected chi connectivity index (χ2v) is 6.04. The molecule has 0 saturated heterocycles. The Morgan fingerprint density at radius 3 is 2.77 bits per heavy atom. The Bertz CT molecular complexity index is 764. The summed E-state index contributed by atoms with van der Waals surface area (Å²) >= 11 is 0. The van der Waals surface area contributed by atoms with Crippen molar-refractivity contribution in [3.05, 3.63) is 58.7 Å². The van der Waals surface area contributed by atoms with E-state index in [2.05, 4.69) is 11.4 Å². The molecule has 1 unspecified atom stereocenters. The number of para-hydroxylation sites is 1. The molecular formula is C19H19NO2. The average molecular weight is 293 g/mol. The predicted octanol–water partition coefficient (Wildman–Crippen LogP) is 3.56. The maximum Gasteiger partial charge on any atom is 0.151 e. The van der Waals surface area contributed by atoms with Crippen molar-refractivity contribution in [3.63, 3.8) is 0 Å². The summed E-state index contributed by atoms with van der Waals surface area (Å²) in [5, 5.41) is 23.9. The van der Waals surface area contributed by atoms with E-state index < -0.39 is 6.23 Å². The van der Waals surface area contributed by atoms with Crippen LogP contribution in [0, 0.1) is 0 Å². The Morgan fingerprint density at radius 2 is 1.86 bits per heavy atom. The van der Waals surface area contributed by atoms with Gasteiger partial charge in [-0.3, -0.25) is 0 Å². The lowest BCUT2D eigenvalue weighted by molar-refractivity contribution is 0.266. The average Bonchev–Trinajstić information content (AvgIpc) is 2.86. The molecule has 0 amide bonds. The lowest BCUT2D eigenvalue weighted by Gasteiger charge is -2.18. The first-order valence-electron chi connectivity index (χ1n) is 7.83. The molecule has 0 radical (unpaired) electrons. The second-order valence-electron chi connectivity index (χ2n) is 6.04. The third kappa shape index (κ3) is 2.09. The first-order valence-corrected chi connectivity index (χ1v) is 7.83. The minimum atomic E-state index is -0.729. The van der Waals surface area contributed by atoms with Crippen molar-refractivity contribution in [1.29, 1.82) is 0 Å². The van der Waals surface area contributed by atoms with E-state index in [0.29, 0.717) is 5.75 Å². The van der Waals surface area contributed by atoms with Gasteiger partial charge in [-0.2, -0.15) is 0 Å². The summed E-state index contributed by atoms with van der Waals surface area (Å²) in [4.78, 5) is 0. The number of hydrogen-bond donors (Lipinski definition) is 3. The van der Waals surface area contributed by atoms with E-state index in [1.165, 1.54) is 12.0 Å². The molecule has 2 aliphatic rings. The summed E-state index contributed by atoms with van der Waals surface area (Å²) < 4.78 is 0. The highest BCUT2D eigenvalue weighted by Crippen LogP contribution is 2.38. The third-order valence-electron chi connectivity index (χ3n) is 4.67.